The van der Waals surface area contributed by atoms with Gasteiger partial charge in [-0.05, 0) is 24.6 Å². The maximum atomic E-state index is 13.8. The number of methoxy groups -OCH3 is 1. The summed E-state index contributed by atoms with van der Waals surface area (Å²) in [5.74, 6) is -3.50. The van der Waals surface area contributed by atoms with Crippen LogP contribution in [0.25, 0.3) is 11.0 Å². The number of fused-ring (bicyclic) bond motifs is 1. The number of nitrogens with zero attached hydrogens (tertiary/aromatic N) is 3. The number of carbonyl (C=O) groups is 2. The maximum absolute atomic E-state index is 13.8. The minimum atomic E-state index is -1.35. The molecule has 1 aromatic carbocycles. The lowest BCUT2D eigenvalue weighted by atomic mass is 10.1. The Bertz CT molecular complexity index is 1200. The number of aliphatic hydroxyl groups excluding tert-OH is 2. The van der Waals surface area contributed by atoms with E-state index in [9.17, 15) is 28.6 Å². The van der Waals surface area contributed by atoms with Crippen molar-refractivity contribution >= 4 is 28.7 Å². The number of aliphatic hydroxyl groups is 2. The van der Waals surface area contributed by atoms with E-state index >= 15 is 0 Å². The molecule has 5 N–H and O–H groups in total. The van der Waals surface area contributed by atoms with Gasteiger partial charge >= 0.3 is 5.97 Å². The number of nitrogens with one attached hydrogen (secondary N) is 3. The molecule has 174 valence electrons. The number of carbonyl (C=O) groups excluding carboxylic acids is 2. The number of halogens is 2. The van der Waals surface area contributed by atoms with Gasteiger partial charge in [0, 0.05) is 12.1 Å². The fourth-order valence-electron chi connectivity index (χ4n) is 3.81. The van der Waals surface area contributed by atoms with Crippen molar-refractivity contribution < 1.29 is 33.3 Å². The van der Waals surface area contributed by atoms with Gasteiger partial charge < -0.3 is 25.6 Å². The summed E-state index contributed by atoms with van der Waals surface area (Å²) >= 11 is 0. The Morgan fingerprint density at radius 2 is 2.03 bits per heavy atom. The van der Waals surface area contributed by atoms with Crippen molar-refractivity contribution in [2.75, 3.05) is 12.4 Å². The number of hydrogen-bond acceptors (Lipinski definition) is 9. The highest BCUT2D eigenvalue weighted by atomic mass is 19.1. The van der Waals surface area contributed by atoms with Crippen LogP contribution in [0.1, 0.15) is 22.5 Å². The summed E-state index contributed by atoms with van der Waals surface area (Å²) in [4.78, 5) is 32.7. The zero-order valence-corrected chi connectivity index (χ0v) is 17.2. The van der Waals surface area contributed by atoms with Crippen molar-refractivity contribution in [3.05, 3.63) is 47.4 Å². The van der Waals surface area contributed by atoms with E-state index in [4.69, 9.17) is 0 Å². The largest absolute Gasteiger partial charge is 0.469 e. The molecule has 1 fully saturated rings. The Morgan fingerprint density at radius 1 is 1.24 bits per heavy atom. The molecule has 2 heterocycles. The van der Waals surface area contributed by atoms with E-state index in [-0.39, 0.29) is 41.1 Å². The lowest BCUT2D eigenvalue weighted by molar-refractivity contribution is -0.149. The number of aromatic amines is 1. The smallest absolute Gasteiger partial charge is 0.311 e. The summed E-state index contributed by atoms with van der Waals surface area (Å²) in [6.07, 6.45) is -1.40. The SMILES string of the molecule is COC(=O)[C@@H]1C[C@@H](Nc2ncnc3[nH]nc(C(=O)NCc4cc(F)ccc4F)c23)[C@@H](O)[C@H]1O. The standard InChI is InChI=1S/C20H20F2N6O5/c1-33-20(32)10-5-12(16(30)15(10)29)26-17-13-14(27-28-18(13)25-7-24-17)19(31)23-6-8-4-9(21)2-3-11(8)22/h2-4,7,10,12,15-16,29-30H,5-6H2,1H3,(H,23,31)(H2,24,25,26,27,28)/t10-,12-,15+,16-/m1/s1. The topological polar surface area (TPSA) is 162 Å². The number of rotatable bonds is 6. The normalized spacial score (nSPS) is 22.3. The van der Waals surface area contributed by atoms with Crippen LogP contribution in [0.4, 0.5) is 14.6 Å². The number of ether oxygens (including phenoxy) is 1. The highest BCUT2D eigenvalue weighted by molar-refractivity contribution is 6.07. The van der Waals surface area contributed by atoms with E-state index in [2.05, 4.69) is 35.5 Å². The number of amides is 1. The summed E-state index contributed by atoms with van der Waals surface area (Å²) in [5.41, 5.74) is 0.0318. The Morgan fingerprint density at radius 3 is 2.79 bits per heavy atom. The average molecular weight is 462 g/mol. The van der Waals surface area contributed by atoms with Gasteiger partial charge in [0.05, 0.1) is 30.6 Å². The van der Waals surface area contributed by atoms with Crippen molar-refractivity contribution in [1.29, 1.82) is 0 Å². The van der Waals surface area contributed by atoms with Gasteiger partial charge in [0.25, 0.3) is 5.91 Å². The van der Waals surface area contributed by atoms with Crippen LogP contribution in [0.5, 0.6) is 0 Å². The van der Waals surface area contributed by atoms with E-state index < -0.39 is 47.7 Å². The van der Waals surface area contributed by atoms with Crippen molar-refractivity contribution in [1.82, 2.24) is 25.5 Å². The molecule has 0 bridgehead atoms. The van der Waals surface area contributed by atoms with Crippen LogP contribution >= 0.6 is 0 Å². The Hall–Kier alpha value is -3.71. The molecule has 0 radical (unpaired) electrons. The molecule has 0 saturated heterocycles. The first kappa shape index (κ1) is 22.5. The summed E-state index contributed by atoms with van der Waals surface area (Å²) in [7, 11) is 1.18. The maximum Gasteiger partial charge on any atom is 0.311 e. The van der Waals surface area contributed by atoms with Crippen molar-refractivity contribution in [2.24, 2.45) is 5.92 Å². The molecule has 0 unspecified atom stereocenters. The van der Waals surface area contributed by atoms with Crippen LogP contribution in [0.15, 0.2) is 24.5 Å². The number of hydrogen-bond donors (Lipinski definition) is 5. The molecular weight excluding hydrogens is 442 g/mol. The lowest BCUT2D eigenvalue weighted by Crippen LogP contribution is -2.36. The lowest BCUT2D eigenvalue weighted by Gasteiger charge is -2.18. The van der Waals surface area contributed by atoms with Crippen molar-refractivity contribution in [2.45, 2.75) is 31.2 Å². The third-order valence-corrected chi connectivity index (χ3v) is 5.53. The van der Waals surface area contributed by atoms with E-state index in [1.165, 1.54) is 13.4 Å². The van der Waals surface area contributed by atoms with Crippen LogP contribution in [0.2, 0.25) is 0 Å². The summed E-state index contributed by atoms with van der Waals surface area (Å²) in [6, 6.07) is 2.11. The molecule has 4 rings (SSSR count). The van der Waals surface area contributed by atoms with Gasteiger partial charge in [0.1, 0.15) is 29.9 Å². The number of anilines is 1. The highest BCUT2D eigenvalue weighted by Gasteiger charge is 2.46. The Balaban J connectivity index is 1.56. The predicted molar refractivity (Wildman–Crippen MR) is 109 cm³/mol. The summed E-state index contributed by atoms with van der Waals surface area (Å²) < 4.78 is 31.9. The van der Waals surface area contributed by atoms with Gasteiger partial charge in [0.15, 0.2) is 11.3 Å². The van der Waals surface area contributed by atoms with Gasteiger partial charge in [-0.3, -0.25) is 14.7 Å². The van der Waals surface area contributed by atoms with E-state index in [1.54, 1.807) is 0 Å². The molecule has 13 heteroatoms. The number of esters is 1. The molecule has 3 aromatic rings. The molecule has 1 saturated carbocycles. The second kappa shape index (κ2) is 9.03. The third-order valence-electron chi connectivity index (χ3n) is 5.53. The quantitative estimate of drug-likeness (QED) is 0.323. The molecule has 11 nitrogen and oxygen atoms in total. The monoisotopic (exact) mass is 462 g/mol. The molecule has 33 heavy (non-hydrogen) atoms. The minimum Gasteiger partial charge on any atom is -0.469 e. The highest BCUT2D eigenvalue weighted by Crippen LogP contribution is 2.31. The summed E-state index contributed by atoms with van der Waals surface area (Å²) in [6.45, 7) is -0.290. The molecule has 0 aliphatic heterocycles. The number of aromatic nitrogens is 4. The van der Waals surface area contributed by atoms with E-state index in [0.29, 0.717) is 0 Å². The van der Waals surface area contributed by atoms with Crippen LogP contribution in [0, 0.1) is 17.6 Å². The van der Waals surface area contributed by atoms with Gasteiger partial charge in [-0.1, -0.05) is 0 Å². The van der Waals surface area contributed by atoms with E-state index in [1.807, 2.05) is 0 Å². The molecular formula is C20H20F2N6O5. The number of H-pyrrole nitrogens is 1. The molecule has 0 spiro atoms. The molecule has 4 atom stereocenters. The second-order valence-corrected chi connectivity index (χ2v) is 7.53. The first-order valence-electron chi connectivity index (χ1n) is 9.91. The predicted octanol–water partition coefficient (Wildman–Crippen LogP) is 0.256. The Kier molecular flexibility index (Phi) is 6.16. The first-order chi connectivity index (χ1) is 15.8. The minimum absolute atomic E-state index is 0.0466. The second-order valence-electron chi connectivity index (χ2n) is 7.53. The molecule has 2 aromatic heterocycles. The summed E-state index contributed by atoms with van der Waals surface area (Å²) in [5, 5.41) is 32.6. The van der Waals surface area contributed by atoms with Crippen LogP contribution in [-0.4, -0.2) is 67.6 Å². The van der Waals surface area contributed by atoms with Crippen LogP contribution in [-0.2, 0) is 16.1 Å². The Labute approximate surface area is 185 Å². The third kappa shape index (κ3) is 4.32. The van der Waals surface area contributed by atoms with E-state index in [0.717, 1.165) is 18.2 Å². The average Bonchev–Trinajstić information content (AvgIpc) is 3.36. The zero-order valence-electron chi connectivity index (χ0n) is 17.2. The fraction of sp³-hybridized carbons (Fsp3) is 0.350. The molecule has 1 aliphatic carbocycles. The van der Waals surface area contributed by atoms with Gasteiger partial charge in [-0.2, -0.15) is 5.10 Å². The van der Waals surface area contributed by atoms with Crippen LogP contribution in [0.3, 0.4) is 0 Å². The van der Waals surface area contributed by atoms with Gasteiger partial charge in [-0.15, -0.1) is 0 Å². The van der Waals surface area contributed by atoms with Gasteiger partial charge in [-0.25, -0.2) is 18.7 Å². The van der Waals surface area contributed by atoms with Crippen molar-refractivity contribution in [3.63, 3.8) is 0 Å². The fourth-order valence-corrected chi connectivity index (χ4v) is 3.81. The number of benzene rings is 1. The molecule has 1 amide bonds. The van der Waals surface area contributed by atoms with Crippen LogP contribution < -0.4 is 10.6 Å². The zero-order chi connectivity index (χ0) is 23.7. The molecule has 1 aliphatic rings. The van der Waals surface area contributed by atoms with Crippen molar-refractivity contribution in [3.8, 4) is 0 Å². The first-order valence-corrected chi connectivity index (χ1v) is 9.91. The van der Waals surface area contributed by atoms with Gasteiger partial charge in [0.2, 0.25) is 0 Å².